The molecule has 0 unspecified atom stereocenters. The maximum absolute atomic E-state index is 10.5. The highest BCUT2D eigenvalue weighted by Gasteiger charge is 2.00. The highest BCUT2D eigenvalue weighted by Crippen LogP contribution is 1.87. The molecule has 1 amide bonds. The van der Waals surface area contributed by atoms with Crippen LogP contribution in [0.2, 0.25) is 0 Å². The van der Waals surface area contributed by atoms with Crippen molar-refractivity contribution in [2.24, 2.45) is 10.7 Å². The first kappa shape index (κ1) is 11.7. The largest absolute Gasteiger partial charge is 0.386 e. The van der Waals surface area contributed by atoms with E-state index in [0.29, 0.717) is 12.4 Å². The zero-order chi connectivity index (χ0) is 10.1. The van der Waals surface area contributed by atoms with Gasteiger partial charge < -0.3 is 10.6 Å². The number of allylic oxidation sites excluding steroid dienone is 1. The molecule has 0 aromatic carbocycles. The van der Waals surface area contributed by atoms with Crippen LogP contribution in [0.4, 0.5) is 0 Å². The first-order valence-electron chi connectivity index (χ1n) is 4.37. The monoisotopic (exact) mass is 183 g/mol. The van der Waals surface area contributed by atoms with E-state index in [1.165, 1.54) is 0 Å². The zero-order valence-corrected chi connectivity index (χ0v) is 8.23. The number of amidine groups is 1. The molecule has 13 heavy (non-hydrogen) atoms. The number of rotatable bonds is 6. The second-order valence-electron chi connectivity index (χ2n) is 2.68. The van der Waals surface area contributed by atoms with Crippen LogP contribution in [0, 0.1) is 0 Å². The number of nitrogens with two attached hydrogens (primary N) is 1. The summed E-state index contributed by atoms with van der Waals surface area (Å²) in [5.74, 6) is 0.457. The van der Waals surface area contributed by atoms with Crippen LogP contribution in [0.3, 0.4) is 0 Å². The molecule has 0 aromatic heterocycles. The molecular weight excluding hydrogens is 166 g/mol. The zero-order valence-electron chi connectivity index (χ0n) is 8.23. The van der Waals surface area contributed by atoms with Crippen LogP contribution in [0.15, 0.2) is 17.3 Å². The molecule has 0 spiro atoms. The molecule has 0 heterocycles. The van der Waals surface area contributed by atoms with E-state index in [-0.39, 0.29) is 0 Å². The molecule has 2 N–H and O–H groups in total. The van der Waals surface area contributed by atoms with Crippen LogP contribution in [-0.4, -0.2) is 30.2 Å². The standard InChI is InChI=1S/C9H17N3O/c1-3-5-11-9(10)7-12(8-13)6-4-2/h3,5,8H,4,6-7H2,1-2H3,(H2,10,11)/b5-3-. The van der Waals surface area contributed by atoms with Crippen molar-refractivity contribution in [3.05, 3.63) is 12.3 Å². The third-order valence-electron chi connectivity index (χ3n) is 1.41. The molecular formula is C9H17N3O. The van der Waals surface area contributed by atoms with Crippen molar-refractivity contribution in [1.29, 1.82) is 0 Å². The summed E-state index contributed by atoms with van der Waals surface area (Å²) in [7, 11) is 0. The summed E-state index contributed by atoms with van der Waals surface area (Å²) >= 11 is 0. The smallest absolute Gasteiger partial charge is 0.210 e. The number of hydrogen-bond acceptors (Lipinski definition) is 2. The molecule has 0 atom stereocenters. The predicted octanol–water partition coefficient (Wildman–Crippen LogP) is 0.746. The van der Waals surface area contributed by atoms with Gasteiger partial charge >= 0.3 is 0 Å². The van der Waals surface area contributed by atoms with E-state index in [9.17, 15) is 4.79 Å². The maximum Gasteiger partial charge on any atom is 0.210 e. The fourth-order valence-electron chi connectivity index (χ4n) is 0.875. The molecule has 4 heteroatoms. The Morgan fingerprint density at radius 3 is 2.77 bits per heavy atom. The van der Waals surface area contributed by atoms with Gasteiger partial charge in [-0.1, -0.05) is 13.0 Å². The summed E-state index contributed by atoms with van der Waals surface area (Å²) in [6.45, 7) is 4.99. The Morgan fingerprint density at radius 1 is 1.62 bits per heavy atom. The Labute approximate surface area is 79.1 Å². The van der Waals surface area contributed by atoms with Gasteiger partial charge in [0.2, 0.25) is 6.41 Å². The molecule has 0 aromatic rings. The van der Waals surface area contributed by atoms with Crippen LogP contribution < -0.4 is 5.73 Å². The van der Waals surface area contributed by atoms with Crippen molar-refractivity contribution in [3.8, 4) is 0 Å². The van der Waals surface area contributed by atoms with Crippen molar-refractivity contribution < 1.29 is 4.79 Å². The number of carbonyl (C=O) groups is 1. The lowest BCUT2D eigenvalue weighted by Gasteiger charge is -2.14. The Balaban J connectivity index is 3.99. The molecule has 0 saturated carbocycles. The Morgan fingerprint density at radius 2 is 2.31 bits per heavy atom. The van der Waals surface area contributed by atoms with Crippen molar-refractivity contribution in [2.75, 3.05) is 13.1 Å². The Bertz CT molecular complexity index is 199. The van der Waals surface area contributed by atoms with E-state index in [1.54, 1.807) is 17.2 Å². The van der Waals surface area contributed by atoms with Crippen LogP contribution in [-0.2, 0) is 4.79 Å². The van der Waals surface area contributed by atoms with Crippen LogP contribution in [0.25, 0.3) is 0 Å². The van der Waals surface area contributed by atoms with Gasteiger partial charge in [-0.2, -0.15) is 0 Å². The van der Waals surface area contributed by atoms with Gasteiger partial charge in [0.15, 0.2) is 0 Å². The second-order valence-corrected chi connectivity index (χ2v) is 2.68. The first-order valence-corrected chi connectivity index (χ1v) is 4.37. The van der Waals surface area contributed by atoms with E-state index >= 15 is 0 Å². The fraction of sp³-hybridized carbons (Fsp3) is 0.556. The van der Waals surface area contributed by atoms with Gasteiger partial charge in [0.05, 0.1) is 6.54 Å². The molecule has 0 saturated heterocycles. The number of carbonyl (C=O) groups excluding carboxylic acids is 1. The first-order chi connectivity index (χ1) is 6.24. The van der Waals surface area contributed by atoms with E-state index in [2.05, 4.69) is 4.99 Å². The summed E-state index contributed by atoms with van der Waals surface area (Å²) in [6.07, 6.45) is 5.12. The third kappa shape index (κ3) is 5.90. The normalized spacial score (nSPS) is 12.0. The van der Waals surface area contributed by atoms with Crippen molar-refractivity contribution in [1.82, 2.24) is 4.90 Å². The minimum absolute atomic E-state index is 0.404. The van der Waals surface area contributed by atoms with Gasteiger partial charge in [-0.15, -0.1) is 0 Å². The van der Waals surface area contributed by atoms with Gasteiger partial charge in [0, 0.05) is 12.7 Å². The Hall–Kier alpha value is -1.32. The Kier molecular flexibility index (Phi) is 6.59. The van der Waals surface area contributed by atoms with Crippen molar-refractivity contribution in [2.45, 2.75) is 20.3 Å². The summed E-state index contributed by atoms with van der Waals surface area (Å²) in [5, 5.41) is 0. The van der Waals surface area contributed by atoms with E-state index in [1.807, 2.05) is 13.8 Å². The molecule has 0 aliphatic rings. The molecule has 0 rings (SSSR count). The van der Waals surface area contributed by atoms with E-state index in [4.69, 9.17) is 5.73 Å². The molecule has 0 radical (unpaired) electrons. The van der Waals surface area contributed by atoms with Crippen molar-refractivity contribution in [3.63, 3.8) is 0 Å². The summed E-state index contributed by atoms with van der Waals surface area (Å²) < 4.78 is 0. The van der Waals surface area contributed by atoms with Crippen LogP contribution >= 0.6 is 0 Å². The predicted molar refractivity (Wildman–Crippen MR) is 54.4 cm³/mol. The lowest BCUT2D eigenvalue weighted by Crippen LogP contribution is -2.33. The fourth-order valence-corrected chi connectivity index (χ4v) is 0.875. The molecule has 0 aliphatic heterocycles. The summed E-state index contributed by atoms with van der Waals surface area (Å²) in [4.78, 5) is 16.0. The minimum atomic E-state index is 0.404. The lowest BCUT2D eigenvalue weighted by atomic mass is 10.4. The average Bonchev–Trinajstić information content (AvgIpc) is 2.14. The number of amides is 1. The maximum atomic E-state index is 10.5. The van der Waals surface area contributed by atoms with Crippen molar-refractivity contribution >= 4 is 12.2 Å². The summed E-state index contributed by atoms with van der Waals surface area (Å²) in [6, 6.07) is 0. The topological polar surface area (TPSA) is 58.7 Å². The second kappa shape index (κ2) is 7.34. The molecule has 74 valence electrons. The molecule has 4 nitrogen and oxygen atoms in total. The third-order valence-corrected chi connectivity index (χ3v) is 1.41. The number of nitrogens with zero attached hydrogens (tertiary/aromatic N) is 2. The quantitative estimate of drug-likeness (QED) is 0.375. The van der Waals surface area contributed by atoms with Gasteiger partial charge in [0.25, 0.3) is 0 Å². The van der Waals surface area contributed by atoms with Gasteiger partial charge in [-0.3, -0.25) is 4.79 Å². The van der Waals surface area contributed by atoms with Gasteiger partial charge in [0.1, 0.15) is 5.84 Å². The molecule has 0 aliphatic carbocycles. The lowest BCUT2D eigenvalue weighted by molar-refractivity contribution is -0.117. The number of aliphatic imine (C=N–C) groups is 1. The SMILES string of the molecule is C/C=C\N=C(N)CN(C=O)CCC. The minimum Gasteiger partial charge on any atom is -0.386 e. The van der Waals surface area contributed by atoms with E-state index < -0.39 is 0 Å². The molecule has 0 bridgehead atoms. The highest BCUT2D eigenvalue weighted by molar-refractivity contribution is 5.84. The summed E-state index contributed by atoms with van der Waals surface area (Å²) in [5.41, 5.74) is 5.56. The molecule has 0 fully saturated rings. The van der Waals surface area contributed by atoms with Gasteiger partial charge in [-0.05, 0) is 13.3 Å². The van der Waals surface area contributed by atoms with Crippen LogP contribution in [0.5, 0.6) is 0 Å². The van der Waals surface area contributed by atoms with Crippen LogP contribution in [0.1, 0.15) is 20.3 Å². The average molecular weight is 183 g/mol. The van der Waals surface area contributed by atoms with Gasteiger partial charge in [-0.25, -0.2) is 4.99 Å². The highest BCUT2D eigenvalue weighted by atomic mass is 16.1. The number of hydrogen-bond donors (Lipinski definition) is 1. The van der Waals surface area contributed by atoms with E-state index in [0.717, 1.165) is 19.4 Å².